The van der Waals surface area contributed by atoms with Crippen molar-refractivity contribution in [3.05, 3.63) is 100 Å². The molecule has 186 valence electrons. The molecule has 3 N–H and O–H groups in total. The number of guanidine groups is 1. The molecular formula is C25H23Cl2N5O3S. The number of nitrogens with two attached hydrogens (primary N) is 1. The van der Waals surface area contributed by atoms with Crippen LogP contribution >= 0.6 is 23.2 Å². The zero-order valence-electron chi connectivity index (χ0n) is 19.0. The Morgan fingerprint density at radius 1 is 1.00 bits per heavy atom. The van der Waals surface area contributed by atoms with E-state index >= 15 is 0 Å². The van der Waals surface area contributed by atoms with E-state index in [1.54, 1.807) is 12.1 Å². The molecule has 0 spiro atoms. The van der Waals surface area contributed by atoms with E-state index in [0.29, 0.717) is 28.7 Å². The first-order chi connectivity index (χ1) is 17.2. The molecule has 8 nitrogen and oxygen atoms in total. The number of carbonyl (C=O) groups is 1. The molecule has 11 heteroatoms. The molecular weight excluding hydrogens is 521 g/mol. The minimum absolute atomic E-state index is 0.0141. The molecule has 4 rings (SSSR count). The molecule has 1 aliphatic rings. The number of amides is 1. The maximum Gasteiger partial charge on any atom is 0.264 e. The Labute approximate surface area is 219 Å². The van der Waals surface area contributed by atoms with Crippen LogP contribution in [0.3, 0.4) is 0 Å². The molecule has 0 saturated heterocycles. The first-order valence-corrected chi connectivity index (χ1v) is 13.2. The summed E-state index contributed by atoms with van der Waals surface area (Å²) >= 11 is 12.0. The molecule has 0 saturated carbocycles. The van der Waals surface area contributed by atoms with Gasteiger partial charge in [0.1, 0.15) is 6.54 Å². The van der Waals surface area contributed by atoms with Crippen molar-refractivity contribution in [3.8, 4) is 0 Å². The average molecular weight is 544 g/mol. The van der Waals surface area contributed by atoms with Crippen molar-refractivity contribution in [3.63, 3.8) is 0 Å². The van der Waals surface area contributed by atoms with E-state index in [1.165, 1.54) is 29.3 Å². The third-order valence-corrected chi connectivity index (χ3v) is 7.36. The molecule has 0 fully saturated rings. The number of halogens is 2. The second kappa shape index (κ2) is 11.1. The van der Waals surface area contributed by atoms with Crippen LogP contribution in [0.15, 0.2) is 93.9 Å². The summed E-state index contributed by atoms with van der Waals surface area (Å²) in [6.45, 7) is -0.0692. The number of nitrogens with zero attached hydrogens (tertiary/aromatic N) is 3. The van der Waals surface area contributed by atoms with E-state index in [4.69, 9.17) is 34.0 Å². The Bertz CT molecular complexity index is 1390. The van der Waals surface area contributed by atoms with Crippen LogP contribution < -0.4 is 10.5 Å². The third-order valence-electron chi connectivity index (χ3n) is 5.51. The van der Waals surface area contributed by atoms with Crippen molar-refractivity contribution < 1.29 is 13.2 Å². The SMILES string of the molecule is NC(=O)CN=C(NS(=O)(=O)c1ccc(Cl)cc1)N1CCC(c2ccccc2)C(c2ccc(Cl)cc2)=N1. The smallest absolute Gasteiger partial charge is 0.264 e. The number of rotatable bonds is 6. The van der Waals surface area contributed by atoms with E-state index in [0.717, 1.165) is 11.1 Å². The van der Waals surface area contributed by atoms with Gasteiger partial charge in [0.2, 0.25) is 11.9 Å². The largest absolute Gasteiger partial charge is 0.368 e. The summed E-state index contributed by atoms with van der Waals surface area (Å²) in [7, 11) is -4.05. The van der Waals surface area contributed by atoms with Gasteiger partial charge in [0.05, 0.1) is 10.6 Å². The molecule has 36 heavy (non-hydrogen) atoms. The highest BCUT2D eigenvalue weighted by atomic mass is 35.5. The molecule has 3 aromatic carbocycles. The van der Waals surface area contributed by atoms with Gasteiger partial charge in [-0.05, 0) is 53.9 Å². The van der Waals surface area contributed by atoms with Gasteiger partial charge in [-0.15, -0.1) is 0 Å². The second-order valence-corrected chi connectivity index (χ2v) is 10.6. The van der Waals surface area contributed by atoms with Crippen LogP contribution in [0.4, 0.5) is 0 Å². The standard InChI is InChI=1S/C25H23Cl2N5O3S/c26-19-8-6-18(7-9-19)24-22(17-4-2-1-3-5-17)14-15-32(30-24)25(29-16-23(28)33)31-36(34,35)21-12-10-20(27)11-13-21/h1-13,22H,14-16H2,(H2,28,33)(H,29,31). The molecule has 0 radical (unpaired) electrons. The van der Waals surface area contributed by atoms with Crippen LogP contribution in [0.25, 0.3) is 0 Å². The normalized spacial score (nSPS) is 16.4. The summed E-state index contributed by atoms with van der Waals surface area (Å²) in [5, 5.41) is 7.22. The summed E-state index contributed by atoms with van der Waals surface area (Å²) < 4.78 is 28.6. The number of hydrazone groups is 1. The quantitative estimate of drug-likeness (QED) is 0.360. The molecule has 0 bridgehead atoms. The summed E-state index contributed by atoms with van der Waals surface area (Å²) in [6.07, 6.45) is 0.615. The Kier molecular flexibility index (Phi) is 7.93. The summed E-state index contributed by atoms with van der Waals surface area (Å²) in [6, 6.07) is 22.9. The highest BCUT2D eigenvalue weighted by molar-refractivity contribution is 7.90. The van der Waals surface area contributed by atoms with Crippen molar-refractivity contribution in [1.82, 2.24) is 9.73 Å². The van der Waals surface area contributed by atoms with E-state index in [1.807, 2.05) is 42.5 Å². The molecule has 0 aromatic heterocycles. The monoisotopic (exact) mass is 543 g/mol. The highest BCUT2D eigenvalue weighted by Gasteiger charge is 2.29. The van der Waals surface area contributed by atoms with Crippen LogP contribution in [0, 0.1) is 0 Å². The minimum atomic E-state index is -4.05. The second-order valence-electron chi connectivity index (χ2n) is 8.03. The first kappa shape index (κ1) is 25.7. The van der Waals surface area contributed by atoms with E-state index in [-0.39, 0.29) is 16.8 Å². The number of benzene rings is 3. The fraction of sp³-hybridized carbons (Fsp3) is 0.160. The van der Waals surface area contributed by atoms with Crippen molar-refractivity contribution in [2.24, 2.45) is 15.8 Å². The summed E-state index contributed by atoms with van der Waals surface area (Å²) in [4.78, 5) is 15.6. The van der Waals surface area contributed by atoms with Crippen LogP contribution in [0.2, 0.25) is 10.0 Å². The third kappa shape index (κ3) is 6.23. The van der Waals surface area contributed by atoms with Gasteiger partial charge in [-0.25, -0.2) is 23.1 Å². The van der Waals surface area contributed by atoms with Gasteiger partial charge in [-0.2, -0.15) is 5.10 Å². The molecule has 1 heterocycles. The zero-order valence-corrected chi connectivity index (χ0v) is 21.3. The number of hydrogen-bond acceptors (Lipinski definition) is 5. The summed E-state index contributed by atoms with van der Waals surface area (Å²) in [5.41, 5.74) is 7.90. The lowest BCUT2D eigenvalue weighted by atomic mass is 9.86. The summed E-state index contributed by atoms with van der Waals surface area (Å²) in [5.74, 6) is -0.866. The Morgan fingerprint density at radius 3 is 2.22 bits per heavy atom. The lowest BCUT2D eigenvalue weighted by Crippen LogP contribution is -2.45. The lowest BCUT2D eigenvalue weighted by molar-refractivity contribution is -0.116. The lowest BCUT2D eigenvalue weighted by Gasteiger charge is -2.32. The number of carbonyl (C=O) groups excluding carboxylic acids is 1. The van der Waals surface area contributed by atoms with Gasteiger partial charge in [-0.3, -0.25) is 4.79 Å². The van der Waals surface area contributed by atoms with Gasteiger partial charge >= 0.3 is 0 Å². The predicted molar refractivity (Wildman–Crippen MR) is 142 cm³/mol. The van der Waals surface area contributed by atoms with Gasteiger partial charge in [0.15, 0.2) is 0 Å². The molecule has 1 atom stereocenters. The maximum absolute atomic E-state index is 13.1. The van der Waals surface area contributed by atoms with Crippen molar-refractivity contribution in [1.29, 1.82) is 0 Å². The fourth-order valence-electron chi connectivity index (χ4n) is 3.79. The van der Waals surface area contributed by atoms with Crippen LogP contribution in [-0.4, -0.2) is 44.1 Å². The molecule has 3 aromatic rings. The maximum atomic E-state index is 13.1. The molecule has 1 aliphatic heterocycles. The van der Waals surface area contributed by atoms with E-state index < -0.39 is 22.5 Å². The number of primary amides is 1. The van der Waals surface area contributed by atoms with Gasteiger partial charge in [0, 0.05) is 22.5 Å². The first-order valence-electron chi connectivity index (χ1n) is 11.0. The number of aliphatic imine (C=N–C) groups is 1. The van der Waals surface area contributed by atoms with Crippen molar-refractivity contribution in [2.75, 3.05) is 13.1 Å². The average Bonchev–Trinajstić information content (AvgIpc) is 2.87. The minimum Gasteiger partial charge on any atom is -0.368 e. The Hall–Kier alpha value is -3.40. The van der Waals surface area contributed by atoms with E-state index in [9.17, 15) is 13.2 Å². The predicted octanol–water partition coefficient (Wildman–Crippen LogP) is 4.01. The number of hydrogen-bond donors (Lipinski definition) is 2. The van der Waals surface area contributed by atoms with Gasteiger partial charge < -0.3 is 5.73 Å². The van der Waals surface area contributed by atoms with Crippen LogP contribution in [0.1, 0.15) is 23.5 Å². The molecule has 1 unspecified atom stereocenters. The van der Waals surface area contributed by atoms with Gasteiger partial charge in [-0.1, -0.05) is 65.7 Å². The van der Waals surface area contributed by atoms with Crippen LogP contribution in [-0.2, 0) is 14.8 Å². The topological polar surface area (TPSA) is 117 Å². The fourth-order valence-corrected chi connectivity index (χ4v) is 5.07. The van der Waals surface area contributed by atoms with E-state index in [2.05, 4.69) is 9.71 Å². The van der Waals surface area contributed by atoms with Crippen LogP contribution in [0.5, 0.6) is 0 Å². The highest BCUT2D eigenvalue weighted by Crippen LogP contribution is 2.30. The molecule has 1 amide bonds. The number of nitrogens with one attached hydrogen (secondary N) is 1. The number of sulfonamides is 1. The molecule has 0 aliphatic carbocycles. The van der Waals surface area contributed by atoms with Crippen molar-refractivity contribution in [2.45, 2.75) is 17.2 Å². The zero-order chi connectivity index (χ0) is 25.7. The Balaban J connectivity index is 1.74. The van der Waals surface area contributed by atoms with Crippen molar-refractivity contribution >= 4 is 50.8 Å². The Morgan fingerprint density at radius 2 is 1.61 bits per heavy atom. The van der Waals surface area contributed by atoms with Gasteiger partial charge in [0.25, 0.3) is 10.0 Å².